The van der Waals surface area contributed by atoms with Crippen LogP contribution in [0.1, 0.15) is 6.42 Å². The molecule has 1 atom stereocenters. The number of hydrogen-bond donors (Lipinski definition) is 5. The number of benzene rings is 2. The molecule has 0 amide bonds. The smallest absolute Gasteiger partial charge is 0.241 e. The fourth-order valence-electron chi connectivity index (χ4n) is 4.27. The Labute approximate surface area is 220 Å². The lowest BCUT2D eigenvalue weighted by Crippen LogP contribution is -2.81. The summed E-state index contributed by atoms with van der Waals surface area (Å²) in [4.78, 5) is 11.5. The van der Waals surface area contributed by atoms with Crippen LogP contribution in [0.5, 0.6) is 0 Å². The Kier molecular flexibility index (Phi) is 7.99. The number of sulfonamides is 2. The lowest BCUT2D eigenvalue weighted by molar-refractivity contribution is -0.638. The molecule has 0 radical (unpaired) electrons. The molecule has 0 bridgehead atoms. The average molecular weight is 582 g/mol. The van der Waals surface area contributed by atoms with Crippen molar-refractivity contribution in [2.75, 3.05) is 25.4 Å². The standard InChI is InChI=1S/C19H21N9O4S3.CH2O2/c20-19-24-16-12(2-1-3-13(16)33-19)11-4-5-14(35(31,32)23-9-10-6-7-22-8-10)17(34(21,29)30)15(11)18-25-27-28-26-18;2-1-3/h1-5,10,22-23H,6-9H2,(H2,20,24)(H2,21,29,30)(H,25,26,27,28);1H,(H,2,3). The molecule has 3 heterocycles. The number of quaternary nitrogens is 1. The Balaban J connectivity index is 0.00000107. The zero-order chi connectivity index (χ0) is 27.5. The van der Waals surface area contributed by atoms with Crippen molar-refractivity contribution in [1.82, 2.24) is 30.3 Å². The minimum atomic E-state index is -4.58. The van der Waals surface area contributed by atoms with Gasteiger partial charge in [0, 0.05) is 30.9 Å². The Morgan fingerprint density at radius 3 is 2.61 bits per heavy atom. The number of primary sulfonamides is 1. The Bertz CT molecular complexity index is 1670. The highest BCUT2D eigenvalue weighted by molar-refractivity contribution is 7.92. The lowest BCUT2D eigenvalue weighted by atomic mass is 9.98. The van der Waals surface area contributed by atoms with Crippen molar-refractivity contribution in [2.45, 2.75) is 16.2 Å². The van der Waals surface area contributed by atoms with Gasteiger partial charge in [0.2, 0.25) is 25.9 Å². The van der Waals surface area contributed by atoms with E-state index in [1.54, 1.807) is 12.1 Å². The van der Waals surface area contributed by atoms with Gasteiger partial charge in [-0.05, 0) is 22.9 Å². The molecule has 1 aliphatic heterocycles. The van der Waals surface area contributed by atoms with Crippen LogP contribution in [0.4, 0.5) is 5.13 Å². The fourth-order valence-corrected chi connectivity index (χ4v) is 7.75. The molecule has 2 aromatic carbocycles. The molecule has 1 saturated heterocycles. The number of nitrogens with two attached hydrogens (primary N) is 3. The van der Waals surface area contributed by atoms with E-state index in [-0.39, 0.29) is 23.9 Å². The van der Waals surface area contributed by atoms with Crippen LogP contribution in [-0.4, -0.2) is 68.6 Å². The molecule has 0 aliphatic carbocycles. The van der Waals surface area contributed by atoms with Gasteiger partial charge in [0.1, 0.15) is 9.79 Å². The van der Waals surface area contributed by atoms with Crippen LogP contribution in [0, 0.1) is 5.92 Å². The van der Waals surface area contributed by atoms with Crippen molar-refractivity contribution in [1.29, 1.82) is 0 Å². The predicted octanol–water partition coefficient (Wildman–Crippen LogP) is -2.40. The van der Waals surface area contributed by atoms with Crippen LogP contribution in [-0.2, 0) is 24.8 Å². The third-order valence-electron chi connectivity index (χ3n) is 5.83. The van der Waals surface area contributed by atoms with Crippen molar-refractivity contribution >= 4 is 53.2 Å². The van der Waals surface area contributed by atoms with Crippen LogP contribution >= 0.6 is 11.3 Å². The third kappa shape index (κ3) is 5.64. The first kappa shape index (κ1) is 27.5. The first-order chi connectivity index (χ1) is 18.1. The van der Waals surface area contributed by atoms with Gasteiger partial charge in [-0.15, -0.1) is 10.2 Å². The number of carbonyl (C=O) groups is 1. The van der Waals surface area contributed by atoms with Crippen LogP contribution in [0.3, 0.4) is 0 Å². The van der Waals surface area contributed by atoms with Gasteiger partial charge >= 0.3 is 0 Å². The van der Waals surface area contributed by atoms with Gasteiger partial charge in [-0.25, -0.2) is 31.7 Å². The minimum absolute atomic E-state index is 0.0996. The second kappa shape index (κ2) is 11.1. The molecule has 1 fully saturated rings. The second-order valence-electron chi connectivity index (χ2n) is 8.22. The number of fused-ring (bicyclic) bond motifs is 1. The highest BCUT2D eigenvalue weighted by Crippen LogP contribution is 2.41. The molecular weight excluding hydrogens is 558 g/mol. The number of hydrogen-bond acceptors (Lipinski definition) is 12. The van der Waals surface area contributed by atoms with E-state index < -0.39 is 36.3 Å². The van der Waals surface area contributed by atoms with E-state index in [2.05, 4.69) is 35.6 Å². The van der Waals surface area contributed by atoms with E-state index in [4.69, 9.17) is 20.8 Å². The molecule has 5 rings (SSSR count). The molecule has 1 aliphatic rings. The van der Waals surface area contributed by atoms with Crippen molar-refractivity contribution in [2.24, 2.45) is 11.1 Å². The van der Waals surface area contributed by atoms with Crippen LogP contribution in [0.15, 0.2) is 40.1 Å². The first-order valence-corrected chi connectivity index (χ1v) is 14.9. The number of aromatic amines is 1. The normalized spacial score (nSPS) is 15.8. The van der Waals surface area contributed by atoms with Gasteiger partial charge in [0.05, 0.1) is 28.9 Å². The summed E-state index contributed by atoms with van der Waals surface area (Å²) in [5, 5.41) is 30.0. The van der Waals surface area contributed by atoms with E-state index in [1.165, 1.54) is 23.5 Å². The molecule has 4 aromatic rings. The number of anilines is 1. The Morgan fingerprint density at radius 1 is 1.21 bits per heavy atom. The maximum atomic E-state index is 13.3. The minimum Gasteiger partial charge on any atom is -0.554 e. The van der Waals surface area contributed by atoms with E-state index in [0.717, 1.165) is 24.2 Å². The number of tetrazole rings is 1. The Morgan fingerprint density at radius 2 is 1.97 bits per heavy atom. The van der Waals surface area contributed by atoms with E-state index >= 15 is 0 Å². The summed E-state index contributed by atoms with van der Waals surface area (Å²) in [5.41, 5.74) is 7.15. The molecule has 2 aromatic heterocycles. The molecular formula is C20H23N9O6S3. The summed E-state index contributed by atoms with van der Waals surface area (Å²) >= 11 is 1.27. The summed E-state index contributed by atoms with van der Waals surface area (Å²) in [6, 6.07) is 8.01. The summed E-state index contributed by atoms with van der Waals surface area (Å²) in [6.07, 6.45) is 0.860. The number of H-pyrrole nitrogens is 1. The molecule has 18 heteroatoms. The van der Waals surface area contributed by atoms with Gasteiger partial charge < -0.3 is 21.0 Å². The average Bonchev–Trinajstić information content (AvgIpc) is 3.63. The van der Waals surface area contributed by atoms with Gasteiger partial charge in [0.15, 0.2) is 5.13 Å². The largest absolute Gasteiger partial charge is 0.554 e. The fraction of sp³-hybridized carbons (Fsp3) is 0.250. The zero-order valence-electron chi connectivity index (χ0n) is 19.6. The lowest BCUT2D eigenvalue weighted by Gasteiger charge is -2.17. The summed E-state index contributed by atoms with van der Waals surface area (Å²) < 4.78 is 55.7. The number of nitrogens with one attached hydrogen (secondary N) is 2. The summed E-state index contributed by atoms with van der Waals surface area (Å²) in [6.45, 7) is 1.39. The van der Waals surface area contributed by atoms with Gasteiger partial charge in [-0.3, -0.25) is 0 Å². The van der Waals surface area contributed by atoms with E-state index in [1.807, 2.05) is 6.07 Å². The zero-order valence-corrected chi connectivity index (χ0v) is 22.0. The van der Waals surface area contributed by atoms with Gasteiger partial charge in [0.25, 0.3) is 0 Å². The summed E-state index contributed by atoms with van der Waals surface area (Å²) in [7, 11) is -8.83. The van der Waals surface area contributed by atoms with Crippen LogP contribution in [0.25, 0.3) is 32.7 Å². The van der Waals surface area contributed by atoms with Crippen molar-refractivity contribution < 1.29 is 32.1 Å². The molecule has 0 spiro atoms. The summed E-state index contributed by atoms with van der Waals surface area (Å²) in [5.74, 6) is 0.0121. The maximum Gasteiger partial charge on any atom is 0.241 e. The van der Waals surface area contributed by atoms with Crippen molar-refractivity contribution in [3.63, 3.8) is 0 Å². The number of aromatic nitrogens is 5. The number of thiazole rings is 1. The first-order valence-electron chi connectivity index (χ1n) is 11.0. The highest BCUT2D eigenvalue weighted by atomic mass is 32.2. The third-order valence-corrected chi connectivity index (χ3v) is 9.27. The Hall–Kier alpha value is -3.55. The van der Waals surface area contributed by atoms with Gasteiger partial charge in [-0.2, -0.15) is 5.21 Å². The number of nitrogen functional groups attached to an aromatic ring is 1. The molecule has 38 heavy (non-hydrogen) atoms. The highest BCUT2D eigenvalue weighted by Gasteiger charge is 2.33. The topological polar surface area (TPSA) is 256 Å². The molecule has 0 saturated carbocycles. The van der Waals surface area contributed by atoms with E-state index in [9.17, 15) is 16.8 Å². The van der Waals surface area contributed by atoms with Crippen molar-refractivity contribution in [3.05, 3.63) is 30.3 Å². The van der Waals surface area contributed by atoms with Crippen LogP contribution in [0.2, 0.25) is 0 Å². The van der Waals surface area contributed by atoms with Gasteiger partial charge in [-0.1, -0.05) is 29.5 Å². The number of rotatable bonds is 7. The number of carboxylic acid groups (broad SMARTS) is 1. The van der Waals surface area contributed by atoms with E-state index in [0.29, 0.717) is 21.8 Å². The van der Waals surface area contributed by atoms with Crippen molar-refractivity contribution in [3.8, 4) is 22.5 Å². The maximum absolute atomic E-state index is 13.3. The monoisotopic (exact) mass is 581 g/mol. The SMILES string of the molecule is Nc1nc2c(-c3ccc(S(=O)(=O)NCC4CC[NH2+]C4)c(S(N)(=O)=O)c3-c3nn[nH]n3)cccc2s1.O=C[O-]. The van der Waals surface area contributed by atoms with Crippen LogP contribution < -0.4 is 26.0 Å². The molecule has 202 valence electrons. The number of carbonyl (C=O) groups excluding carboxylic acids is 1. The molecule has 15 nitrogen and oxygen atoms in total. The second-order valence-corrected chi connectivity index (χ2v) is 12.5. The quantitative estimate of drug-likeness (QED) is 0.144. The number of para-hydroxylation sites is 1. The number of nitrogens with zero attached hydrogens (tertiary/aromatic N) is 4. The predicted molar refractivity (Wildman–Crippen MR) is 135 cm³/mol. The molecule has 1 unspecified atom stereocenters. The molecule has 8 N–H and O–H groups in total.